The van der Waals surface area contributed by atoms with E-state index in [0.717, 1.165) is 60.4 Å². The summed E-state index contributed by atoms with van der Waals surface area (Å²) in [4.78, 5) is 14.2. The van der Waals surface area contributed by atoms with E-state index in [0.29, 0.717) is 18.7 Å². The first-order valence-electron chi connectivity index (χ1n) is 14.7. The highest BCUT2D eigenvalue weighted by atomic mass is 19.4. The molecule has 0 saturated carbocycles. The van der Waals surface area contributed by atoms with Gasteiger partial charge in [-0.15, -0.1) is 0 Å². The van der Waals surface area contributed by atoms with Crippen molar-refractivity contribution in [2.24, 2.45) is 0 Å². The molecular weight excluding hydrogens is 608 g/mol. The van der Waals surface area contributed by atoms with Crippen LogP contribution in [0.4, 0.5) is 39.9 Å². The second-order valence-corrected chi connectivity index (χ2v) is 12.6. The highest BCUT2D eigenvalue weighted by Crippen LogP contribution is 2.48. The van der Waals surface area contributed by atoms with E-state index in [1.54, 1.807) is 0 Å². The summed E-state index contributed by atoms with van der Waals surface area (Å²) in [6, 6.07) is 14.7. The van der Waals surface area contributed by atoms with Gasteiger partial charge in [-0.2, -0.15) is 26.3 Å². The van der Waals surface area contributed by atoms with E-state index in [-0.39, 0.29) is 35.6 Å². The Morgan fingerprint density at radius 1 is 0.756 bits per heavy atom. The van der Waals surface area contributed by atoms with Crippen molar-refractivity contribution in [2.75, 3.05) is 32.7 Å². The lowest BCUT2D eigenvalue weighted by atomic mass is 9.66. The lowest BCUT2D eigenvalue weighted by Gasteiger charge is -2.55. The molecule has 7 rings (SSSR count). The molecule has 4 fully saturated rings. The fourth-order valence-corrected chi connectivity index (χ4v) is 7.33. The van der Waals surface area contributed by atoms with Gasteiger partial charge in [-0.1, -0.05) is 36.4 Å². The van der Waals surface area contributed by atoms with Crippen LogP contribution in [0, 0.1) is 11.6 Å². The van der Waals surface area contributed by atoms with Crippen LogP contribution in [-0.4, -0.2) is 48.2 Å². The molecule has 240 valence electrons. The molecule has 0 aromatic heterocycles. The van der Waals surface area contributed by atoms with Gasteiger partial charge in [0.25, 0.3) is 0 Å². The summed E-state index contributed by atoms with van der Waals surface area (Å²) in [5.74, 6) is -2.27. The number of alkyl halides is 6. The van der Waals surface area contributed by atoms with Crippen molar-refractivity contribution in [3.05, 3.63) is 106 Å². The lowest BCUT2D eigenvalue weighted by Crippen LogP contribution is -2.64. The van der Waals surface area contributed by atoms with Gasteiger partial charge in [0, 0.05) is 43.2 Å². The van der Waals surface area contributed by atoms with Crippen molar-refractivity contribution >= 4 is 6.09 Å². The fraction of sp³-hybridized carbons (Fsp3) is 0.424. The molecule has 3 aromatic rings. The third kappa shape index (κ3) is 6.01. The van der Waals surface area contributed by atoms with Crippen molar-refractivity contribution in [1.82, 2.24) is 4.90 Å². The van der Waals surface area contributed by atoms with Gasteiger partial charge in [-0.05, 0) is 41.5 Å². The van der Waals surface area contributed by atoms with E-state index in [4.69, 9.17) is 4.74 Å². The van der Waals surface area contributed by atoms with Crippen molar-refractivity contribution in [1.29, 1.82) is 0 Å². The Labute approximate surface area is 254 Å². The molecule has 0 spiro atoms. The van der Waals surface area contributed by atoms with Gasteiger partial charge < -0.3 is 9.22 Å². The summed E-state index contributed by atoms with van der Waals surface area (Å²) < 4.78 is 116. The smallest absolute Gasteiger partial charge is 0.416 e. The minimum absolute atomic E-state index is 0.0233. The van der Waals surface area contributed by atoms with Crippen LogP contribution in [0.25, 0.3) is 0 Å². The normalized spacial score (nSPS) is 26.8. The molecule has 4 aliphatic heterocycles. The monoisotopic (exact) mass is 639 g/mol. The molecule has 0 radical (unpaired) electrons. The zero-order valence-corrected chi connectivity index (χ0v) is 24.2. The van der Waals surface area contributed by atoms with Crippen LogP contribution in [0.2, 0.25) is 0 Å². The number of hydrogen-bond donors (Lipinski definition) is 0. The topological polar surface area (TPSA) is 29.5 Å². The molecule has 3 aromatic carbocycles. The van der Waals surface area contributed by atoms with Gasteiger partial charge in [0.1, 0.15) is 0 Å². The van der Waals surface area contributed by atoms with E-state index in [1.165, 1.54) is 11.6 Å². The number of ether oxygens (including phenoxy) is 1. The van der Waals surface area contributed by atoms with E-state index in [9.17, 15) is 39.9 Å². The molecule has 4 aliphatic rings. The van der Waals surface area contributed by atoms with Crippen LogP contribution < -0.4 is 0 Å². The quantitative estimate of drug-likeness (QED) is 0.193. The number of piperidine rings is 3. The number of halogens is 8. The summed E-state index contributed by atoms with van der Waals surface area (Å²) in [5, 5.41) is 0. The van der Waals surface area contributed by atoms with Crippen LogP contribution >= 0.6 is 0 Å². The number of rotatable bonds is 7. The number of cyclic esters (lactones) is 1. The predicted octanol–water partition coefficient (Wildman–Crippen LogP) is 8.19. The number of amides is 1. The highest BCUT2D eigenvalue weighted by Gasteiger charge is 2.53. The van der Waals surface area contributed by atoms with Gasteiger partial charge in [0.05, 0.1) is 43.9 Å². The molecular formula is C33H31F8N2O2+. The molecule has 4 nitrogen and oxygen atoms in total. The van der Waals surface area contributed by atoms with Gasteiger partial charge in [0.15, 0.2) is 17.2 Å². The van der Waals surface area contributed by atoms with Gasteiger partial charge in [-0.3, -0.25) is 4.90 Å². The Hall–Kier alpha value is -3.67. The Morgan fingerprint density at radius 2 is 1.36 bits per heavy atom. The second kappa shape index (κ2) is 11.0. The maximum atomic E-state index is 14.5. The molecule has 4 saturated heterocycles. The summed E-state index contributed by atoms with van der Waals surface area (Å²) in [7, 11) is 0. The minimum Gasteiger partial charge on any atom is -0.436 e. The van der Waals surface area contributed by atoms with Crippen LogP contribution in [0.15, 0.2) is 66.7 Å². The molecule has 4 heterocycles. The van der Waals surface area contributed by atoms with Crippen molar-refractivity contribution in [3.63, 3.8) is 0 Å². The summed E-state index contributed by atoms with van der Waals surface area (Å²) in [5.41, 5.74) is -3.29. The molecule has 0 N–H and O–H groups in total. The molecule has 2 bridgehead atoms. The minimum atomic E-state index is -5.05. The van der Waals surface area contributed by atoms with Gasteiger partial charge >= 0.3 is 18.4 Å². The van der Waals surface area contributed by atoms with Crippen LogP contribution in [0.1, 0.15) is 53.5 Å². The summed E-state index contributed by atoms with van der Waals surface area (Å²) in [6.07, 6.45) is -7.99. The fourth-order valence-electron chi connectivity index (χ4n) is 7.33. The maximum absolute atomic E-state index is 14.5. The zero-order chi connectivity index (χ0) is 32.3. The Bertz CT molecular complexity index is 1530. The molecule has 0 aliphatic carbocycles. The standard InChI is InChI=1S/C33H31F8N2O2/c34-27-7-6-24(19-28(27)35)31(11-15-43-12-8-30(9-13-43,10-14-43)23-4-2-1-3-5-23)21-42(29(44)45-31)20-22-16-25(32(36,37)38)18-26(17-22)33(39,40)41/h1-7,16-19H,8-15,20-21H2/q+1. The van der Waals surface area contributed by atoms with Crippen LogP contribution in [0.5, 0.6) is 0 Å². The third-order valence-corrected chi connectivity index (χ3v) is 10.0. The molecule has 1 amide bonds. The van der Waals surface area contributed by atoms with Crippen molar-refractivity contribution in [2.45, 2.75) is 55.6 Å². The molecule has 45 heavy (non-hydrogen) atoms. The Balaban J connectivity index is 1.26. The number of fused-ring (bicyclic) bond motifs is 3. The predicted molar refractivity (Wildman–Crippen MR) is 148 cm³/mol. The van der Waals surface area contributed by atoms with Crippen LogP contribution in [-0.2, 0) is 34.7 Å². The highest BCUT2D eigenvalue weighted by molar-refractivity contribution is 5.71. The number of quaternary nitrogens is 1. The zero-order valence-electron chi connectivity index (χ0n) is 24.2. The Kier molecular flexibility index (Phi) is 7.65. The lowest BCUT2D eigenvalue weighted by molar-refractivity contribution is -0.944. The third-order valence-electron chi connectivity index (χ3n) is 10.0. The molecule has 1 unspecified atom stereocenters. The second-order valence-electron chi connectivity index (χ2n) is 12.6. The molecule has 1 atom stereocenters. The average Bonchev–Trinajstić information content (AvgIpc) is 3.33. The molecule has 12 heteroatoms. The SMILES string of the molecule is O=C1OC(CC[N+]23CCC(c4ccccc4)(CC2)CC3)(c2ccc(F)c(F)c2)CN1Cc1cc(C(F)(F)F)cc(C(F)(F)F)c1. The van der Waals surface area contributed by atoms with E-state index in [1.807, 2.05) is 18.2 Å². The number of benzene rings is 3. The first-order chi connectivity index (χ1) is 21.1. The summed E-state index contributed by atoms with van der Waals surface area (Å²) in [6.45, 7) is 2.27. The van der Waals surface area contributed by atoms with E-state index in [2.05, 4.69) is 12.1 Å². The van der Waals surface area contributed by atoms with E-state index < -0.39 is 53.4 Å². The first kappa shape index (κ1) is 31.3. The van der Waals surface area contributed by atoms with Crippen molar-refractivity contribution in [3.8, 4) is 0 Å². The van der Waals surface area contributed by atoms with E-state index >= 15 is 0 Å². The number of carbonyl (C=O) groups is 1. The largest absolute Gasteiger partial charge is 0.436 e. The average molecular weight is 640 g/mol. The number of carbonyl (C=O) groups excluding carboxylic acids is 1. The number of nitrogens with zero attached hydrogens (tertiary/aromatic N) is 2. The first-order valence-corrected chi connectivity index (χ1v) is 14.7. The number of hydrogen-bond acceptors (Lipinski definition) is 2. The summed E-state index contributed by atoms with van der Waals surface area (Å²) >= 11 is 0. The maximum Gasteiger partial charge on any atom is 0.416 e. The van der Waals surface area contributed by atoms with Crippen molar-refractivity contribution < 1.29 is 49.1 Å². The Morgan fingerprint density at radius 3 is 1.91 bits per heavy atom. The van der Waals surface area contributed by atoms with Gasteiger partial charge in [-0.25, -0.2) is 13.6 Å². The van der Waals surface area contributed by atoms with Gasteiger partial charge in [0.2, 0.25) is 0 Å². The van der Waals surface area contributed by atoms with Crippen LogP contribution in [0.3, 0.4) is 0 Å².